The maximum atomic E-state index is 6.33. The maximum absolute atomic E-state index is 6.33. The number of hydrogen-bond acceptors (Lipinski definition) is 3. The minimum Gasteiger partial charge on any atom is -0.192 e. The van der Waals surface area contributed by atoms with Crippen LogP contribution in [0.15, 0.2) is 24.3 Å². The highest BCUT2D eigenvalue weighted by molar-refractivity contribution is 6.30. The van der Waals surface area contributed by atoms with Gasteiger partial charge >= 0.3 is 0 Å². The van der Waals surface area contributed by atoms with Gasteiger partial charge in [0.15, 0.2) is 16.6 Å². The molecule has 0 unspecified atom stereocenters. The van der Waals surface area contributed by atoms with Crippen molar-refractivity contribution < 1.29 is 0 Å². The van der Waals surface area contributed by atoms with E-state index in [0.29, 0.717) is 11.1 Å². The molecule has 5 heteroatoms. The van der Waals surface area contributed by atoms with Gasteiger partial charge in [0, 0.05) is 0 Å². The average Bonchev–Trinajstić information content (AvgIpc) is 2.77. The molecule has 0 atom stereocenters. The van der Waals surface area contributed by atoms with Crippen LogP contribution in [0.5, 0.6) is 0 Å². The predicted octanol–water partition coefficient (Wildman–Crippen LogP) is 4.02. The molecule has 0 radical (unpaired) electrons. The first kappa shape index (κ1) is 13.3. The van der Waals surface area contributed by atoms with Gasteiger partial charge < -0.3 is 0 Å². The van der Waals surface area contributed by atoms with Crippen LogP contribution in [-0.2, 0) is 0 Å². The van der Waals surface area contributed by atoms with Crippen molar-refractivity contribution in [3.63, 3.8) is 0 Å². The van der Waals surface area contributed by atoms with Gasteiger partial charge in [-0.25, -0.2) is 0 Å². The molecule has 2 aromatic heterocycles. The van der Waals surface area contributed by atoms with Crippen LogP contribution in [0.1, 0.15) is 50.4 Å². The molecule has 0 saturated heterocycles. The first-order chi connectivity index (χ1) is 9.70. The third kappa shape index (κ3) is 2.24. The van der Waals surface area contributed by atoms with E-state index in [1.807, 2.05) is 38.1 Å². The summed E-state index contributed by atoms with van der Waals surface area (Å²) in [5, 5.41) is 13.5. The zero-order chi connectivity index (χ0) is 14.1. The van der Waals surface area contributed by atoms with Crippen molar-refractivity contribution in [3.05, 3.63) is 40.8 Å². The van der Waals surface area contributed by atoms with Gasteiger partial charge in [0.2, 0.25) is 0 Å². The molecule has 20 heavy (non-hydrogen) atoms. The molecule has 0 amide bonds. The van der Waals surface area contributed by atoms with Gasteiger partial charge in [0.1, 0.15) is 0 Å². The Hall–Kier alpha value is -1.68. The average molecular weight is 289 g/mol. The number of allylic oxidation sites excluding steroid dienone is 4. The third-order valence-corrected chi connectivity index (χ3v) is 4.11. The minimum absolute atomic E-state index is 0.541. The molecule has 1 aliphatic carbocycles. The topological polar surface area (TPSA) is 43.1 Å². The smallest absolute Gasteiger partial charge is 0.181 e. The molecule has 2 aromatic rings. The molecule has 104 valence electrons. The fourth-order valence-electron chi connectivity index (χ4n) is 2.39. The van der Waals surface area contributed by atoms with Crippen molar-refractivity contribution >= 4 is 22.8 Å². The third-order valence-electron chi connectivity index (χ3n) is 3.81. The maximum Gasteiger partial charge on any atom is 0.181 e. The monoisotopic (exact) mass is 288 g/mol. The highest BCUT2D eigenvalue weighted by atomic mass is 35.5. The first-order valence-electron chi connectivity index (χ1n) is 6.92. The molecule has 0 N–H and O–H groups in total. The van der Waals surface area contributed by atoms with E-state index in [0.717, 1.165) is 22.6 Å². The fraction of sp³-hybridized carbons (Fsp3) is 0.400. The Balaban J connectivity index is 2.07. The molecule has 4 nitrogen and oxygen atoms in total. The summed E-state index contributed by atoms with van der Waals surface area (Å²) in [7, 11) is 0. The van der Waals surface area contributed by atoms with Gasteiger partial charge in [-0.3, -0.25) is 0 Å². The predicted molar refractivity (Wildman–Crippen MR) is 80.8 cm³/mol. The number of fused-ring (bicyclic) bond motifs is 1. The molecular weight excluding hydrogens is 272 g/mol. The van der Waals surface area contributed by atoms with Gasteiger partial charge in [-0.15, -0.1) is 10.2 Å². The molecule has 2 heterocycles. The summed E-state index contributed by atoms with van der Waals surface area (Å²) in [4.78, 5) is 0. The zero-order valence-corrected chi connectivity index (χ0v) is 12.4. The summed E-state index contributed by atoms with van der Waals surface area (Å²) in [5.74, 6) is 1.28. The van der Waals surface area contributed by atoms with Gasteiger partial charge in [0.05, 0.1) is 0 Å². The summed E-state index contributed by atoms with van der Waals surface area (Å²) < 4.78 is 1.72. The van der Waals surface area contributed by atoms with Gasteiger partial charge in [0.25, 0.3) is 0 Å². The summed E-state index contributed by atoms with van der Waals surface area (Å²) >= 11 is 6.33. The number of hydrogen-bond donors (Lipinski definition) is 0. The van der Waals surface area contributed by atoms with Crippen molar-refractivity contribution in [2.75, 3.05) is 0 Å². The summed E-state index contributed by atoms with van der Waals surface area (Å²) in [6.07, 6.45) is 9.60. The van der Waals surface area contributed by atoms with Crippen LogP contribution >= 0.6 is 11.6 Å². The molecule has 1 fully saturated rings. The van der Waals surface area contributed by atoms with Crippen LogP contribution in [0, 0.1) is 0 Å². The van der Waals surface area contributed by atoms with Crippen molar-refractivity contribution in [2.45, 2.75) is 39.0 Å². The Labute approximate surface area is 123 Å². The second-order valence-corrected chi connectivity index (χ2v) is 5.55. The molecule has 0 aromatic carbocycles. The normalized spacial score (nSPS) is 17.1. The number of rotatable bonds is 3. The van der Waals surface area contributed by atoms with E-state index < -0.39 is 0 Å². The second-order valence-electron chi connectivity index (χ2n) is 5.19. The number of halogens is 1. The molecule has 0 spiro atoms. The SMILES string of the molecule is C/C=C\C=C(/C)c1nnc2cc(C3CCC3)c(Cl)nn12. The lowest BCUT2D eigenvalue weighted by Gasteiger charge is -2.25. The van der Waals surface area contributed by atoms with E-state index in [4.69, 9.17) is 11.6 Å². The summed E-state index contributed by atoms with van der Waals surface area (Å²) in [6, 6.07) is 2.03. The van der Waals surface area contributed by atoms with Crippen LogP contribution < -0.4 is 0 Å². The summed E-state index contributed by atoms with van der Waals surface area (Å²) in [6.45, 7) is 3.97. The standard InChI is InChI=1S/C15H17ClN4/c1-3-4-6-10(2)15-18-17-13-9-12(11-7-5-8-11)14(16)19-20(13)15/h3-4,6,9,11H,5,7-8H2,1-2H3/b4-3-,10-6+. The quantitative estimate of drug-likeness (QED) is 0.801. The van der Waals surface area contributed by atoms with Crippen molar-refractivity contribution in [2.24, 2.45) is 0 Å². The molecule has 3 rings (SSSR count). The number of nitrogens with zero attached hydrogens (tertiary/aromatic N) is 4. The van der Waals surface area contributed by atoms with Gasteiger partial charge in [-0.1, -0.05) is 36.2 Å². The lowest BCUT2D eigenvalue weighted by atomic mass is 9.81. The van der Waals surface area contributed by atoms with E-state index in [2.05, 4.69) is 15.3 Å². The Kier molecular flexibility index (Phi) is 3.57. The van der Waals surface area contributed by atoms with Crippen molar-refractivity contribution in [1.82, 2.24) is 19.8 Å². The molecule has 1 aliphatic rings. The number of aromatic nitrogens is 4. The lowest BCUT2D eigenvalue weighted by Crippen LogP contribution is -2.11. The Morgan fingerprint density at radius 2 is 2.20 bits per heavy atom. The van der Waals surface area contributed by atoms with Gasteiger partial charge in [-0.05, 0) is 49.8 Å². The minimum atomic E-state index is 0.541. The molecular formula is C15H17ClN4. The molecule has 0 aliphatic heterocycles. The van der Waals surface area contributed by atoms with E-state index >= 15 is 0 Å². The van der Waals surface area contributed by atoms with Crippen LogP contribution in [-0.4, -0.2) is 19.8 Å². The van der Waals surface area contributed by atoms with Crippen LogP contribution in [0.3, 0.4) is 0 Å². The van der Waals surface area contributed by atoms with E-state index in [1.54, 1.807) is 4.52 Å². The zero-order valence-electron chi connectivity index (χ0n) is 11.7. The Bertz CT molecular complexity index is 695. The highest BCUT2D eigenvalue weighted by Crippen LogP contribution is 2.39. The largest absolute Gasteiger partial charge is 0.192 e. The van der Waals surface area contributed by atoms with Crippen molar-refractivity contribution in [3.8, 4) is 0 Å². The molecule has 1 saturated carbocycles. The first-order valence-corrected chi connectivity index (χ1v) is 7.30. The van der Waals surface area contributed by atoms with E-state index in [9.17, 15) is 0 Å². The Morgan fingerprint density at radius 3 is 2.85 bits per heavy atom. The lowest BCUT2D eigenvalue weighted by molar-refractivity contribution is 0.418. The van der Waals surface area contributed by atoms with Crippen LogP contribution in [0.4, 0.5) is 0 Å². The van der Waals surface area contributed by atoms with Gasteiger partial charge in [-0.2, -0.15) is 9.61 Å². The van der Waals surface area contributed by atoms with E-state index in [1.165, 1.54) is 19.3 Å². The summed E-state index contributed by atoms with van der Waals surface area (Å²) in [5.41, 5.74) is 2.88. The highest BCUT2D eigenvalue weighted by Gasteiger charge is 2.24. The van der Waals surface area contributed by atoms with E-state index in [-0.39, 0.29) is 0 Å². The fourth-order valence-corrected chi connectivity index (χ4v) is 2.68. The van der Waals surface area contributed by atoms with Crippen LogP contribution in [0.2, 0.25) is 5.15 Å². The molecule has 0 bridgehead atoms. The second kappa shape index (κ2) is 5.37. The Morgan fingerprint density at radius 1 is 1.40 bits per heavy atom. The van der Waals surface area contributed by atoms with Crippen molar-refractivity contribution in [1.29, 1.82) is 0 Å². The van der Waals surface area contributed by atoms with Crippen LogP contribution in [0.25, 0.3) is 11.2 Å².